The van der Waals surface area contributed by atoms with Crippen LogP contribution in [0.15, 0.2) is 12.2 Å². The van der Waals surface area contributed by atoms with Crippen molar-refractivity contribution in [2.45, 2.75) is 39.0 Å². The Balaban J connectivity index is 2.11. The molecule has 1 heteroatoms. The Hall–Kier alpha value is -0.590. The molecule has 0 aliphatic heterocycles. The van der Waals surface area contributed by atoms with E-state index in [-0.39, 0.29) is 5.92 Å². The normalized spacial score (nSPS) is 53.2. The molecule has 0 amide bonds. The van der Waals surface area contributed by atoms with Gasteiger partial charge in [-0.25, -0.2) is 0 Å². The van der Waals surface area contributed by atoms with E-state index in [9.17, 15) is 4.79 Å². The van der Waals surface area contributed by atoms with Crippen molar-refractivity contribution >= 4 is 5.78 Å². The minimum Gasteiger partial charge on any atom is -0.299 e. The molecule has 70 valence electrons. The van der Waals surface area contributed by atoms with Crippen molar-refractivity contribution in [2.24, 2.45) is 16.7 Å². The SMILES string of the molecule is C=C1C[C@@]23CCC[C@]2(C)CC(=O)[C@@H]13. The fraction of sp³-hybridized carbons (Fsp3) is 0.750. The molecule has 3 aliphatic rings. The summed E-state index contributed by atoms with van der Waals surface area (Å²) in [6, 6.07) is 0. The lowest BCUT2D eigenvalue weighted by Crippen LogP contribution is -2.45. The molecule has 3 aliphatic carbocycles. The minimum absolute atomic E-state index is 0.264. The zero-order valence-corrected chi connectivity index (χ0v) is 8.23. The summed E-state index contributed by atoms with van der Waals surface area (Å²) in [5.41, 5.74) is 1.94. The van der Waals surface area contributed by atoms with Crippen LogP contribution >= 0.6 is 0 Å². The summed E-state index contributed by atoms with van der Waals surface area (Å²) in [6.45, 7) is 6.34. The van der Waals surface area contributed by atoms with Gasteiger partial charge in [0, 0.05) is 12.3 Å². The third kappa shape index (κ3) is 0.619. The average molecular weight is 176 g/mol. The van der Waals surface area contributed by atoms with Crippen LogP contribution in [0.25, 0.3) is 0 Å². The van der Waals surface area contributed by atoms with Crippen LogP contribution in [0.5, 0.6) is 0 Å². The highest BCUT2D eigenvalue weighted by atomic mass is 16.1. The van der Waals surface area contributed by atoms with Gasteiger partial charge in [-0.1, -0.05) is 25.5 Å². The molecule has 0 bridgehead atoms. The van der Waals surface area contributed by atoms with Gasteiger partial charge in [0.15, 0.2) is 0 Å². The van der Waals surface area contributed by atoms with E-state index in [2.05, 4.69) is 13.5 Å². The van der Waals surface area contributed by atoms with Crippen LogP contribution in [-0.4, -0.2) is 5.78 Å². The van der Waals surface area contributed by atoms with E-state index in [0.717, 1.165) is 12.8 Å². The summed E-state index contributed by atoms with van der Waals surface area (Å²) in [5, 5.41) is 0. The second-order valence-corrected chi connectivity index (χ2v) is 5.48. The van der Waals surface area contributed by atoms with Gasteiger partial charge < -0.3 is 0 Å². The molecule has 3 rings (SSSR count). The lowest BCUT2D eigenvalue weighted by atomic mass is 9.52. The zero-order chi connectivity index (χ0) is 9.27. The van der Waals surface area contributed by atoms with Gasteiger partial charge in [0.2, 0.25) is 0 Å². The molecule has 0 aromatic heterocycles. The van der Waals surface area contributed by atoms with Crippen LogP contribution in [0.3, 0.4) is 0 Å². The molecule has 13 heavy (non-hydrogen) atoms. The van der Waals surface area contributed by atoms with Crippen molar-refractivity contribution in [3.63, 3.8) is 0 Å². The Kier molecular flexibility index (Phi) is 1.15. The number of hydrogen-bond donors (Lipinski definition) is 0. The smallest absolute Gasteiger partial charge is 0.141 e. The van der Waals surface area contributed by atoms with Gasteiger partial charge in [-0.3, -0.25) is 4.79 Å². The monoisotopic (exact) mass is 176 g/mol. The van der Waals surface area contributed by atoms with E-state index in [0.29, 0.717) is 16.6 Å². The molecule has 0 aromatic carbocycles. The van der Waals surface area contributed by atoms with E-state index < -0.39 is 0 Å². The predicted molar refractivity (Wildman–Crippen MR) is 51.3 cm³/mol. The van der Waals surface area contributed by atoms with E-state index in [1.54, 1.807) is 0 Å². The molecule has 1 nitrogen and oxygen atoms in total. The van der Waals surface area contributed by atoms with Crippen molar-refractivity contribution in [2.75, 3.05) is 0 Å². The van der Waals surface area contributed by atoms with Crippen LogP contribution in [0.4, 0.5) is 0 Å². The predicted octanol–water partition coefficient (Wildman–Crippen LogP) is 2.71. The second kappa shape index (κ2) is 1.92. The fourth-order valence-electron chi connectivity index (χ4n) is 4.30. The van der Waals surface area contributed by atoms with E-state index in [1.165, 1.54) is 24.8 Å². The Bertz CT molecular complexity index is 317. The molecular formula is C12H16O. The molecule has 3 saturated carbocycles. The first kappa shape index (κ1) is 7.78. The standard InChI is InChI=1S/C12H16O/c1-8-6-12-5-3-4-11(12,2)7-9(13)10(8)12/h10H,1,3-7H2,2H3/t10-,11-,12-/m1/s1. The van der Waals surface area contributed by atoms with Gasteiger partial charge in [-0.15, -0.1) is 0 Å². The Morgan fingerprint density at radius 3 is 2.85 bits per heavy atom. The largest absolute Gasteiger partial charge is 0.299 e. The Labute approximate surface area is 79.2 Å². The van der Waals surface area contributed by atoms with Crippen molar-refractivity contribution in [1.82, 2.24) is 0 Å². The van der Waals surface area contributed by atoms with Crippen LogP contribution in [0, 0.1) is 16.7 Å². The highest BCUT2D eigenvalue weighted by Crippen LogP contribution is 2.73. The maximum Gasteiger partial charge on any atom is 0.141 e. The molecule has 3 fully saturated rings. The van der Waals surface area contributed by atoms with Gasteiger partial charge >= 0.3 is 0 Å². The maximum absolute atomic E-state index is 11.8. The van der Waals surface area contributed by atoms with Crippen LogP contribution in [0.2, 0.25) is 0 Å². The fourth-order valence-corrected chi connectivity index (χ4v) is 4.30. The van der Waals surface area contributed by atoms with Crippen molar-refractivity contribution in [3.8, 4) is 0 Å². The number of hydrogen-bond acceptors (Lipinski definition) is 1. The topological polar surface area (TPSA) is 17.1 Å². The Morgan fingerprint density at radius 1 is 1.38 bits per heavy atom. The third-order valence-corrected chi connectivity index (χ3v) is 4.94. The average Bonchev–Trinajstić information content (AvgIpc) is 2.34. The number of carbonyl (C=O) groups is 1. The summed E-state index contributed by atoms with van der Waals surface area (Å²) in [4.78, 5) is 11.8. The maximum atomic E-state index is 11.8. The summed E-state index contributed by atoms with van der Waals surface area (Å²) < 4.78 is 0. The zero-order valence-electron chi connectivity index (χ0n) is 8.23. The van der Waals surface area contributed by atoms with Crippen molar-refractivity contribution in [1.29, 1.82) is 0 Å². The summed E-state index contributed by atoms with van der Waals surface area (Å²) in [6.07, 6.45) is 5.84. The van der Waals surface area contributed by atoms with Crippen LogP contribution < -0.4 is 0 Å². The number of carbonyl (C=O) groups excluding carboxylic acids is 1. The van der Waals surface area contributed by atoms with Crippen LogP contribution in [-0.2, 0) is 4.79 Å². The van der Waals surface area contributed by atoms with Gasteiger partial charge in [0.1, 0.15) is 5.78 Å². The summed E-state index contributed by atoms with van der Waals surface area (Å²) in [7, 11) is 0. The first-order valence-corrected chi connectivity index (χ1v) is 5.30. The van der Waals surface area contributed by atoms with E-state index in [1.807, 2.05) is 0 Å². The lowest BCUT2D eigenvalue weighted by Gasteiger charge is -2.50. The highest BCUT2D eigenvalue weighted by molar-refractivity contribution is 5.90. The third-order valence-electron chi connectivity index (χ3n) is 4.94. The molecule has 1 spiro atoms. The minimum atomic E-state index is 0.264. The molecule has 0 heterocycles. The molecule has 3 atom stereocenters. The Morgan fingerprint density at radius 2 is 2.15 bits per heavy atom. The molecule has 0 saturated heterocycles. The number of allylic oxidation sites excluding steroid dienone is 1. The van der Waals surface area contributed by atoms with Crippen molar-refractivity contribution < 1.29 is 4.79 Å². The first-order chi connectivity index (χ1) is 6.09. The van der Waals surface area contributed by atoms with Gasteiger partial charge in [0.05, 0.1) is 0 Å². The van der Waals surface area contributed by atoms with E-state index >= 15 is 0 Å². The second-order valence-electron chi connectivity index (χ2n) is 5.48. The van der Waals surface area contributed by atoms with Crippen LogP contribution in [0.1, 0.15) is 39.0 Å². The lowest BCUT2D eigenvalue weighted by molar-refractivity contribution is -0.122. The van der Waals surface area contributed by atoms with Gasteiger partial charge in [0.25, 0.3) is 0 Å². The van der Waals surface area contributed by atoms with Gasteiger partial charge in [-0.2, -0.15) is 0 Å². The first-order valence-electron chi connectivity index (χ1n) is 5.30. The molecule has 0 aromatic rings. The number of Topliss-reactive ketones (excluding diaryl/α,β-unsaturated/α-hetero) is 1. The highest BCUT2D eigenvalue weighted by Gasteiger charge is 2.69. The quantitative estimate of drug-likeness (QED) is 0.519. The van der Waals surface area contributed by atoms with E-state index in [4.69, 9.17) is 0 Å². The molecule has 0 N–H and O–H groups in total. The summed E-state index contributed by atoms with van der Waals surface area (Å²) >= 11 is 0. The van der Waals surface area contributed by atoms with Gasteiger partial charge in [-0.05, 0) is 30.1 Å². The van der Waals surface area contributed by atoms with Crippen molar-refractivity contribution in [3.05, 3.63) is 12.2 Å². The molecule has 0 radical (unpaired) electrons. The molecular weight excluding hydrogens is 160 g/mol. The summed E-state index contributed by atoms with van der Waals surface area (Å²) in [5.74, 6) is 0.749. The number of rotatable bonds is 0. The molecule has 0 unspecified atom stereocenters. The number of ketones is 1.